The fourth-order valence-corrected chi connectivity index (χ4v) is 3.96. The molecule has 2 aromatic carbocycles. The summed E-state index contributed by atoms with van der Waals surface area (Å²) in [4.78, 5) is 7.30. The van der Waals surface area contributed by atoms with Gasteiger partial charge < -0.3 is 20.6 Å². The van der Waals surface area contributed by atoms with E-state index >= 15 is 0 Å². The molecule has 1 aliphatic heterocycles. The van der Waals surface area contributed by atoms with Crippen molar-refractivity contribution in [1.82, 2.24) is 19.7 Å². The van der Waals surface area contributed by atoms with Gasteiger partial charge in [0, 0.05) is 0 Å². The summed E-state index contributed by atoms with van der Waals surface area (Å²) in [7, 11) is 0. The summed E-state index contributed by atoms with van der Waals surface area (Å²) < 4.78 is 8.20. The molecule has 5 rings (SSSR count). The van der Waals surface area contributed by atoms with Gasteiger partial charge in [-0.05, 0) is 49.0 Å². The zero-order chi connectivity index (χ0) is 20.1. The summed E-state index contributed by atoms with van der Waals surface area (Å²) >= 11 is 5.21. The number of anilines is 1. The van der Waals surface area contributed by atoms with Crippen molar-refractivity contribution in [3.63, 3.8) is 0 Å². The number of fused-ring (bicyclic) bond motifs is 2. The Hall–Kier alpha value is -3.65. The Bertz CT molecular complexity index is 1280. The van der Waals surface area contributed by atoms with E-state index in [4.69, 9.17) is 27.8 Å². The summed E-state index contributed by atoms with van der Waals surface area (Å²) in [5.74, 6) is 1.25. The van der Waals surface area contributed by atoms with Crippen molar-refractivity contribution in [2.75, 3.05) is 5.73 Å². The minimum absolute atomic E-state index is 0.191. The van der Waals surface area contributed by atoms with Crippen LogP contribution >= 0.6 is 12.2 Å². The number of phenols is 1. The van der Waals surface area contributed by atoms with Crippen LogP contribution in [0.1, 0.15) is 28.3 Å². The van der Waals surface area contributed by atoms with Crippen molar-refractivity contribution < 1.29 is 9.84 Å². The Labute approximate surface area is 171 Å². The number of nitrogens with one attached hydrogen (secondary N) is 1. The number of aryl methyl sites for hydroxylation is 1. The summed E-state index contributed by atoms with van der Waals surface area (Å²) in [6, 6.07) is 16.8. The summed E-state index contributed by atoms with van der Waals surface area (Å²) in [5.41, 5.74) is 10.5. The van der Waals surface area contributed by atoms with Gasteiger partial charge >= 0.3 is 0 Å². The number of aromatic amines is 1. The van der Waals surface area contributed by atoms with Gasteiger partial charge in [-0.15, -0.1) is 0 Å². The molecule has 0 spiro atoms. The third-order valence-electron chi connectivity index (χ3n) is 5.03. The van der Waals surface area contributed by atoms with Crippen molar-refractivity contribution >= 4 is 18.0 Å². The minimum Gasteiger partial charge on any atom is -0.508 e. The highest BCUT2D eigenvalue weighted by Gasteiger charge is 2.37. The molecule has 3 heterocycles. The van der Waals surface area contributed by atoms with Crippen LogP contribution in [0.4, 0.5) is 5.82 Å². The average molecular weight is 403 g/mol. The second-order valence-electron chi connectivity index (χ2n) is 6.85. The van der Waals surface area contributed by atoms with Crippen LogP contribution in [0.15, 0.2) is 54.6 Å². The lowest BCUT2D eigenvalue weighted by molar-refractivity contribution is 0.402. The van der Waals surface area contributed by atoms with E-state index in [0.29, 0.717) is 23.1 Å². The molecular weight excluding hydrogens is 386 g/mol. The molecule has 0 aliphatic carbocycles. The van der Waals surface area contributed by atoms with Crippen LogP contribution in [-0.2, 0) is 0 Å². The fraction of sp³-hybridized carbons (Fsp3) is 0.0952. The van der Waals surface area contributed by atoms with E-state index < -0.39 is 0 Å². The Morgan fingerprint density at radius 1 is 1.10 bits per heavy atom. The van der Waals surface area contributed by atoms with Crippen molar-refractivity contribution in [2.24, 2.45) is 0 Å². The third kappa shape index (κ3) is 2.76. The van der Waals surface area contributed by atoms with Gasteiger partial charge in [0.1, 0.15) is 11.6 Å². The third-order valence-corrected chi connectivity index (χ3v) is 5.22. The zero-order valence-electron chi connectivity index (χ0n) is 15.5. The van der Waals surface area contributed by atoms with E-state index in [0.717, 1.165) is 22.5 Å². The monoisotopic (exact) mass is 403 g/mol. The average Bonchev–Trinajstić information content (AvgIpc) is 3.04. The highest BCUT2D eigenvalue weighted by molar-refractivity contribution is 7.71. The van der Waals surface area contributed by atoms with Gasteiger partial charge in [0.15, 0.2) is 0 Å². The van der Waals surface area contributed by atoms with Gasteiger partial charge in [0.25, 0.3) is 0 Å². The van der Waals surface area contributed by atoms with Crippen LogP contribution in [0.2, 0.25) is 0 Å². The number of nitrogens with zero attached hydrogens (tertiary/aromatic N) is 3. The molecule has 144 valence electrons. The molecule has 1 unspecified atom stereocenters. The second-order valence-corrected chi connectivity index (χ2v) is 7.24. The molecule has 8 heteroatoms. The highest BCUT2D eigenvalue weighted by atomic mass is 32.1. The highest BCUT2D eigenvalue weighted by Crippen LogP contribution is 2.50. The number of rotatable bonds is 2. The minimum atomic E-state index is -0.272. The van der Waals surface area contributed by atoms with Crippen LogP contribution in [-0.4, -0.2) is 24.9 Å². The van der Waals surface area contributed by atoms with Crippen LogP contribution < -0.4 is 10.5 Å². The summed E-state index contributed by atoms with van der Waals surface area (Å²) in [6.45, 7) is 1.94. The van der Waals surface area contributed by atoms with Crippen molar-refractivity contribution in [3.8, 4) is 23.2 Å². The Kier molecular flexibility index (Phi) is 3.88. The zero-order valence-corrected chi connectivity index (χ0v) is 16.3. The molecule has 0 bridgehead atoms. The van der Waals surface area contributed by atoms with Crippen LogP contribution in [0.3, 0.4) is 0 Å². The second kappa shape index (κ2) is 6.46. The largest absolute Gasteiger partial charge is 0.508 e. The maximum absolute atomic E-state index is 9.75. The number of aromatic nitrogens is 4. The summed E-state index contributed by atoms with van der Waals surface area (Å²) in [5, 5.41) is 14.5. The molecule has 29 heavy (non-hydrogen) atoms. The lowest BCUT2D eigenvalue weighted by Crippen LogP contribution is -2.17. The number of phenolic OH excluding ortho intramolecular Hbond substituents is 1. The Balaban J connectivity index is 1.81. The first-order valence-electron chi connectivity index (χ1n) is 9.04. The number of para-hydroxylation sites is 1. The number of nitrogen functional groups attached to an aromatic ring is 1. The van der Waals surface area contributed by atoms with E-state index in [1.54, 1.807) is 16.8 Å². The smallest absolute Gasteiger partial charge is 0.231 e. The van der Waals surface area contributed by atoms with Gasteiger partial charge in [0.05, 0.1) is 28.4 Å². The van der Waals surface area contributed by atoms with Crippen LogP contribution in [0.25, 0.3) is 5.69 Å². The molecule has 4 N–H and O–H groups in total. The molecule has 1 aliphatic rings. The van der Waals surface area contributed by atoms with E-state index in [9.17, 15) is 5.11 Å². The molecule has 0 amide bonds. The van der Waals surface area contributed by atoms with Crippen molar-refractivity contribution in [3.05, 3.63) is 81.8 Å². The lowest BCUT2D eigenvalue weighted by Gasteiger charge is -2.27. The molecule has 7 nitrogen and oxygen atoms in total. The van der Waals surface area contributed by atoms with Crippen molar-refractivity contribution in [1.29, 1.82) is 0 Å². The topological polar surface area (TPSA) is 102 Å². The molecule has 1 atom stereocenters. The lowest BCUT2D eigenvalue weighted by atomic mass is 9.84. The van der Waals surface area contributed by atoms with Gasteiger partial charge in [-0.3, -0.25) is 0 Å². The number of ether oxygens (including phenoxy) is 1. The number of nitrogens with two attached hydrogens (primary N) is 1. The first-order valence-corrected chi connectivity index (χ1v) is 9.45. The maximum Gasteiger partial charge on any atom is 0.231 e. The Morgan fingerprint density at radius 3 is 2.55 bits per heavy atom. The van der Waals surface area contributed by atoms with Crippen LogP contribution in [0, 0.1) is 11.7 Å². The number of hydrogen-bond donors (Lipinski definition) is 3. The first-order chi connectivity index (χ1) is 14.0. The molecule has 2 aromatic heterocycles. The molecular formula is C21H17N5O2S. The normalized spacial score (nSPS) is 14.7. The number of benzene rings is 2. The quantitative estimate of drug-likeness (QED) is 0.382. The van der Waals surface area contributed by atoms with Crippen molar-refractivity contribution in [2.45, 2.75) is 12.8 Å². The van der Waals surface area contributed by atoms with E-state index in [1.165, 1.54) is 0 Å². The molecule has 0 saturated carbocycles. The number of H-pyrrole nitrogens is 1. The van der Waals surface area contributed by atoms with Gasteiger partial charge in [-0.25, -0.2) is 4.68 Å². The number of aromatic hydroxyl groups is 1. The maximum atomic E-state index is 9.75. The van der Waals surface area contributed by atoms with Crippen LogP contribution in [0.5, 0.6) is 17.5 Å². The van der Waals surface area contributed by atoms with Gasteiger partial charge in [0.2, 0.25) is 16.5 Å². The fourth-order valence-electron chi connectivity index (χ4n) is 3.76. The summed E-state index contributed by atoms with van der Waals surface area (Å²) in [6.07, 6.45) is 0. The SMILES string of the molecule is Cc1nn(-c2ccccc2)c2c1C(c1ccc(O)cc1)c1c(nc(=S)[nH]c1N)O2. The van der Waals surface area contributed by atoms with E-state index in [1.807, 2.05) is 49.4 Å². The predicted molar refractivity (Wildman–Crippen MR) is 111 cm³/mol. The van der Waals surface area contributed by atoms with E-state index in [-0.39, 0.29) is 16.4 Å². The molecule has 0 fully saturated rings. The molecule has 0 radical (unpaired) electrons. The van der Waals surface area contributed by atoms with Gasteiger partial charge in [-0.1, -0.05) is 30.3 Å². The standard InChI is InChI=1S/C21H17N5O2S/c1-11-15-16(12-7-9-14(27)10-8-12)17-18(22)23-21(29)24-19(17)28-20(15)26(25-11)13-5-3-2-4-6-13/h2-10,16,27H,1H3,(H3,22,23,24,29). The predicted octanol–water partition coefficient (Wildman–Crippen LogP) is 4.21. The molecule has 4 aromatic rings. The van der Waals surface area contributed by atoms with Gasteiger partial charge in [-0.2, -0.15) is 10.1 Å². The number of hydrogen-bond acceptors (Lipinski definition) is 6. The molecule has 0 saturated heterocycles. The first kappa shape index (κ1) is 17.4. The van der Waals surface area contributed by atoms with E-state index in [2.05, 4.69) is 9.97 Å². The Morgan fingerprint density at radius 2 is 1.83 bits per heavy atom.